The van der Waals surface area contributed by atoms with Crippen molar-refractivity contribution >= 4 is 45.8 Å². The second-order valence-electron chi connectivity index (χ2n) is 8.73. The highest BCUT2D eigenvalue weighted by Crippen LogP contribution is 2.33. The summed E-state index contributed by atoms with van der Waals surface area (Å²) in [6, 6.07) is 9.07. The maximum Gasteiger partial charge on any atom is 0.351 e. The van der Waals surface area contributed by atoms with Crippen LogP contribution < -0.4 is 31.0 Å². The fraction of sp³-hybridized carbons (Fsp3) is 0.240. The fourth-order valence-corrected chi connectivity index (χ4v) is 4.36. The van der Waals surface area contributed by atoms with Gasteiger partial charge in [0.05, 0.1) is 29.9 Å². The predicted octanol–water partition coefficient (Wildman–Crippen LogP) is 3.21. The lowest BCUT2D eigenvalue weighted by molar-refractivity contribution is -0.333. The molecule has 12 heteroatoms. The summed E-state index contributed by atoms with van der Waals surface area (Å²) in [6.07, 6.45) is 2.84. The van der Waals surface area contributed by atoms with E-state index >= 15 is 0 Å². The summed E-state index contributed by atoms with van der Waals surface area (Å²) in [7, 11) is 1.57. The van der Waals surface area contributed by atoms with Crippen LogP contribution in [0.1, 0.15) is 23.2 Å². The number of hydrogen-bond acceptors (Lipinski definition) is 7. The zero-order valence-electron chi connectivity index (χ0n) is 19.9. The molecular formula is C25H26F2N7O3+. The molecule has 1 fully saturated rings. The van der Waals surface area contributed by atoms with Gasteiger partial charge in [-0.1, -0.05) is 4.98 Å². The second-order valence-corrected chi connectivity index (χ2v) is 8.73. The Balaban J connectivity index is 1.47. The van der Waals surface area contributed by atoms with E-state index in [1.807, 2.05) is 18.2 Å². The summed E-state index contributed by atoms with van der Waals surface area (Å²) < 4.78 is 33.3. The molecule has 1 aliphatic rings. The molecule has 10 nitrogen and oxygen atoms in total. The number of carbonyl (C=O) groups excluding carboxylic acids is 1. The number of primary amides is 1. The maximum absolute atomic E-state index is 14.0. The predicted molar refractivity (Wildman–Crippen MR) is 135 cm³/mol. The SMILES string of the molecule is COc1cc(N2CCC(O)CC2)ccc1Nc1nc(Nc2cc(F)c(F)cc2C(N)=O)c2cc[nH]c2[nH+]1. The number of hydrogen-bond donors (Lipinski definition) is 5. The number of carbonyl (C=O) groups is 1. The van der Waals surface area contributed by atoms with E-state index in [0.717, 1.165) is 30.9 Å². The van der Waals surface area contributed by atoms with Crippen LogP contribution in [0.2, 0.25) is 0 Å². The van der Waals surface area contributed by atoms with Crippen LogP contribution in [0.3, 0.4) is 0 Å². The molecule has 4 aromatic rings. The van der Waals surface area contributed by atoms with Crippen LogP contribution in [-0.2, 0) is 0 Å². The van der Waals surface area contributed by atoms with Gasteiger partial charge in [-0.25, -0.2) is 13.8 Å². The first-order valence-electron chi connectivity index (χ1n) is 11.7. The Labute approximate surface area is 210 Å². The van der Waals surface area contributed by atoms with Crippen LogP contribution in [0.15, 0.2) is 42.6 Å². The molecule has 1 saturated heterocycles. The first-order valence-corrected chi connectivity index (χ1v) is 11.7. The molecule has 0 unspecified atom stereocenters. The molecule has 2 aromatic carbocycles. The molecule has 0 bridgehead atoms. The molecule has 1 aliphatic heterocycles. The first-order chi connectivity index (χ1) is 17.8. The fourth-order valence-electron chi connectivity index (χ4n) is 4.36. The summed E-state index contributed by atoms with van der Waals surface area (Å²) in [4.78, 5) is 24.8. The van der Waals surface area contributed by atoms with Crippen molar-refractivity contribution in [1.82, 2.24) is 9.97 Å². The van der Waals surface area contributed by atoms with E-state index < -0.39 is 17.5 Å². The molecular weight excluding hydrogens is 484 g/mol. The van der Waals surface area contributed by atoms with E-state index in [0.29, 0.717) is 41.3 Å². The van der Waals surface area contributed by atoms with Crippen LogP contribution in [0.5, 0.6) is 5.75 Å². The summed E-state index contributed by atoms with van der Waals surface area (Å²) in [5.41, 5.74) is 7.34. The molecule has 5 rings (SSSR count). The van der Waals surface area contributed by atoms with Crippen molar-refractivity contribution < 1.29 is 28.4 Å². The molecule has 0 spiro atoms. The van der Waals surface area contributed by atoms with Crippen LogP contribution in [0.4, 0.5) is 37.6 Å². The number of amides is 1. The molecule has 0 saturated carbocycles. The number of piperidine rings is 1. The number of aromatic amines is 2. The molecule has 0 radical (unpaired) electrons. The van der Waals surface area contributed by atoms with Gasteiger partial charge in [0.15, 0.2) is 17.4 Å². The molecule has 2 aromatic heterocycles. The molecule has 7 N–H and O–H groups in total. The Morgan fingerprint density at radius 3 is 2.65 bits per heavy atom. The van der Waals surface area contributed by atoms with Gasteiger partial charge in [0.25, 0.3) is 5.91 Å². The third-order valence-electron chi connectivity index (χ3n) is 6.32. The average Bonchev–Trinajstić information content (AvgIpc) is 3.36. The van der Waals surface area contributed by atoms with Crippen molar-refractivity contribution in [3.05, 3.63) is 59.8 Å². The lowest BCUT2D eigenvalue weighted by Crippen LogP contribution is -2.35. The average molecular weight is 511 g/mol. The van der Waals surface area contributed by atoms with E-state index in [-0.39, 0.29) is 23.2 Å². The topological polar surface area (TPSA) is 143 Å². The van der Waals surface area contributed by atoms with Gasteiger partial charge < -0.3 is 25.8 Å². The van der Waals surface area contributed by atoms with E-state index in [4.69, 9.17) is 10.5 Å². The minimum absolute atomic E-state index is 0.0212. The molecule has 37 heavy (non-hydrogen) atoms. The number of rotatable bonds is 7. The number of aliphatic hydroxyl groups excluding tert-OH is 1. The molecule has 3 heterocycles. The highest BCUT2D eigenvalue weighted by atomic mass is 19.2. The second kappa shape index (κ2) is 9.90. The van der Waals surface area contributed by atoms with E-state index in [2.05, 4.69) is 30.5 Å². The number of anilines is 5. The summed E-state index contributed by atoms with van der Waals surface area (Å²) in [5.74, 6) is -2.07. The minimum Gasteiger partial charge on any atom is -0.493 e. The minimum atomic E-state index is -1.18. The summed E-state index contributed by atoms with van der Waals surface area (Å²) >= 11 is 0. The highest BCUT2D eigenvalue weighted by Gasteiger charge is 2.22. The van der Waals surface area contributed by atoms with Crippen molar-refractivity contribution in [2.75, 3.05) is 35.7 Å². The van der Waals surface area contributed by atoms with Crippen LogP contribution in [0, 0.1) is 11.6 Å². The van der Waals surface area contributed by atoms with Crippen molar-refractivity contribution in [2.24, 2.45) is 5.73 Å². The van der Waals surface area contributed by atoms with Crippen molar-refractivity contribution in [1.29, 1.82) is 0 Å². The van der Waals surface area contributed by atoms with Gasteiger partial charge in [0.1, 0.15) is 5.69 Å². The number of halogens is 2. The third kappa shape index (κ3) is 4.96. The number of methoxy groups -OCH3 is 1. The number of H-pyrrole nitrogens is 2. The lowest BCUT2D eigenvalue weighted by atomic mass is 10.1. The van der Waals surface area contributed by atoms with Gasteiger partial charge >= 0.3 is 5.95 Å². The monoisotopic (exact) mass is 510 g/mol. The van der Waals surface area contributed by atoms with Gasteiger partial charge in [-0.05, 0) is 37.1 Å². The summed E-state index contributed by atoms with van der Waals surface area (Å²) in [6.45, 7) is 1.50. The maximum atomic E-state index is 14.0. The molecule has 0 aliphatic carbocycles. The standard InChI is InChI=1S/C25H25F2N7O3/c1-37-21-10-13(34-8-5-14(35)6-9-34)2-3-19(21)31-25-32-23-15(4-7-29-23)24(33-25)30-20-12-18(27)17(26)11-16(20)22(28)36/h2-4,7,10-12,14,35H,5-6,8-9H2,1H3,(H2,28,36)(H3,29,30,31,32,33)/p+1. The number of aliphatic hydroxyl groups is 1. The van der Waals surface area contributed by atoms with E-state index in [1.54, 1.807) is 19.4 Å². The molecule has 0 atom stereocenters. The van der Waals surface area contributed by atoms with Gasteiger partial charge in [0.2, 0.25) is 11.5 Å². The molecule has 192 valence electrons. The Morgan fingerprint density at radius 1 is 1.16 bits per heavy atom. The first kappa shape index (κ1) is 24.3. The van der Waals surface area contributed by atoms with E-state index in [9.17, 15) is 18.7 Å². The Bertz CT molecular complexity index is 1470. The van der Waals surface area contributed by atoms with Crippen molar-refractivity contribution in [2.45, 2.75) is 18.9 Å². The normalized spacial score (nSPS) is 14.1. The van der Waals surface area contributed by atoms with Gasteiger partial charge in [-0.3, -0.25) is 15.1 Å². The Morgan fingerprint density at radius 2 is 1.92 bits per heavy atom. The lowest BCUT2D eigenvalue weighted by Gasteiger charge is -2.31. The van der Waals surface area contributed by atoms with Gasteiger partial charge in [-0.15, -0.1) is 0 Å². The number of benzene rings is 2. The largest absolute Gasteiger partial charge is 0.493 e. The zero-order valence-corrected chi connectivity index (χ0v) is 19.9. The Kier molecular flexibility index (Phi) is 6.49. The van der Waals surface area contributed by atoms with E-state index in [1.165, 1.54) is 0 Å². The van der Waals surface area contributed by atoms with Gasteiger partial charge in [0, 0.05) is 37.1 Å². The Hall–Kier alpha value is -4.45. The summed E-state index contributed by atoms with van der Waals surface area (Å²) in [5, 5.41) is 16.5. The molecule has 1 amide bonds. The van der Waals surface area contributed by atoms with Crippen LogP contribution in [0.25, 0.3) is 11.0 Å². The third-order valence-corrected chi connectivity index (χ3v) is 6.32. The number of nitrogens with zero attached hydrogens (tertiary/aromatic N) is 2. The van der Waals surface area contributed by atoms with Gasteiger partial charge in [-0.2, -0.15) is 0 Å². The van der Waals surface area contributed by atoms with Crippen LogP contribution >= 0.6 is 0 Å². The highest BCUT2D eigenvalue weighted by molar-refractivity contribution is 6.00. The van der Waals surface area contributed by atoms with Crippen molar-refractivity contribution in [3.63, 3.8) is 0 Å². The number of nitrogens with two attached hydrogens (primary N) is 1. The van der Waals surface area contributed by atoms with Crippen molar-refractivity contribution in [3.8, 4) is 5.75 Å². The van der Waals surface area contributed by atoms with Crippen LogP contribution in [-0.4, -0.2) is 47.3 Å². The smallest absolute Gasteiger partial charge is 0.351 e. The number of ether oxygens (including phenoxy) is 1. The number of aromatic nitrogens is 3. The zero-order chi connectivity index (χ0) is 26.1. The number of nitrogens with one attached hydrogen (secondary N) is 4. The quantitative estimate of drug-likeness (QED) is 0.257. The number of fused-ring (bicyclic) bond motifs is 1.